The highest BCUT2D eigenvalue weighted by atomic mass is 28.4. The van der Waals surface area contributed by atoms with Gasteiger partial charge in [-0.3, -0.25) is 0 Å². The molecule has 0 radical (unpaired) electrons. The molecule has 0 saturated heterocycles. The van der Waals surface area contributed by atoms with Crippen molar-refractivity contribution in [3.05, 3.63) is 0 Å². The lowest BCUT2D eigenvalue weighted by molar-refractivity contribution is 0.298. The van der Waals surface area contributed by atoms with Crippen molar-refractivity contribution in [3.63, 3.8) is 0 Å². The Morgan fingerprint density at radius 1 is 0.414 bits per heavy atom. The Bertz CT molecular complexity index is 377. The molecule has 176 valence electrons. The third-order valence-electron chi connectivity index (χ3n) is 4.97. The second-order valence-electron chi connectivity index (χ2n) is 11.9. The van der Waals surface area contributed by atoms with E-state index in [0.717, 1.165) is 13.2 Å². The summed E-state index contributed by atoms with van der Waals surface area (Å²) in [5, 5.41) is 0. The van der Waals surface area contributed by atoms with Gasteiger partial charge in [0.2, 0.25) is 0 Å². The van der Waals surface area contributed by atoms with E-state index in [4.69, 9.17) is 13.0 Å². The van der Waals surface area contributed by atoms with E-state index in [2.05, 4.69) is 65.5 Å². The fraction of sp³-hybridized carbons (Fsp3) is 1.00. The first-order valence-electron chi connectivity index (χ1n) is 12.1. The molecule has 0 saturated carbocycles. The summed E-state index contributed by atoms with van der Waals surface area (Å²) in [6.45, 7) is 25.3. The number of unbranched alkanes of at least 4 members (excludes halogenated alkanes) is 6. The summed E-state index contributed by atoms with van der Waals surface area (Å²) in [5.74, 6) is 0. The van der Waals surface area contributed by atoms with Crippen LogP contribution >= 0.6 is 0 Å². The fourth-order valence-corrected chi connectivity index (χ4v) is 14.1. The van der Waals surface area contributed by atoms with E-state index in [1.807, 2.05) is 0 Å². The summed E-state index contributed by atoms with van der Waals surface area (Å²) in [6.07, 6.45) is 10.4. The van der Waals surface area contributed by atoms with E-state index in [1.165, 1.54) is 63.5 Å². The maximum absolute atomic E-state index is 6.81. The fourth-order valence-electron chi connectivity index (χ4n) is 3.62. The Morgan fingerprint density at radius 3 is 1.03 bits per heavy atom. The van der Waals surface area contributed by atoms with Crippen LogP contribution in [0.25, 0.3) is 0 Å². The van der Waals surface area contributed by atoms with E-state index >= 15 is 0 Å². The largest absolute Gasteiger partial charge is 0.455 e. The second kappa shape index (κ2) is 14.0. The molecule has 0 aliphatic heterocycles. The predicted molar refractivity (Wildman–Crippen MR) is 141 cm³/mol. The van der Waals surface area contributed by atoms with Crippen molar-refractivity contribution in [2.75, 3.05) is 13.2 Å². The van der Waals surface area contributed by atoms with Crippen LogP contribution in [-0.4, -0.2) is 46.5 Å². The van der Waals surface area contributed by atoms with Crippen LogP contribution in [0.5, 0.6) is 0 Å². The SMILES string of the molecule is C[Si](C)(C)OCCCCCC[Si](C)(C)O[Si](C)(C)CCCCCCO[Si](C)(C)C. The molecule has 0 aromatic carbocycles. The molecule has 0 aromatic rings. The Hall–Kier alpha value is 0.748. The zero-order valence-electron chi connectivity index (χ0n) is 21.7. The van der Waals surface area contributed by atoms with Crippen LogP contribution in [0.3, 0.4) is 0 Å². The minimum Gasteiger partial charge on any atom is -0.455 e. The van der Waals surface area contributed by atoms with Gasteiger partial charge in [0.25, 0.3) is 0 Å². The first-order chi connectivity index (χ1) is 13.1. The molecule has 0 aliphatic carbocycles. The van der Waals surface area contributed by atoms with Crippen LogP contribution in [0.1, 0.15) is 51.4 Å². The molecule has 0 spiro atoms. The first-order valence-corrected chi connectivity index (χ1v) is 25.1. The van der Waals surface area contributed by atoms with Crippen molar-refractivity contribution in [2.45, 2.75) is 129 Å². The third kappa shape index (κ3) is 21.8. The molecule has 0 atom stereocenters. The Labute approximate surface area is 188 Å². The first kappa shape index (κ1) is 29.7. The van der Waals surface area contributed by atoms with Crippen LogP contribution in [-0.2, 0) is 13.0 Å². The molecule has 0 heterocycles. The standard InChI is InChI=1S/C22H54O3Si4/c1-26(2,3)23-19-15-11-13-17-21-28(7,8)25-29(9,10)22-18-14-12-16-20-24-27(4,5)6/h11-22H2,1-10H3. The molecular weight excluding hydrogens is 425 g/mol. The van der Waals surface area contributed by atoms with Crippen molar-refractivity contribution in [2.24, 2.45) is 0 Å². The van der Waals surface area contributed by atoms with Crippen LogP contribution < -0.4 is 0 Å². The maximum atomic E-state index is 6.81. The highest BCUT2D eigenvalue weighted by Gasteiger charge is 2.32. The van der Waals surface area contributed by atoms with Crippen LogP contribution in [0.4, 0.5) is 0 Å². The smallest absolute Gasteiger partial charge is 0.183 e. The molecule has 0 bridgehead atoms. The van der Waals surface area contributed by atoms with Crippen molar-refractivity contribution in [1.29, 1.82) is 0 Å². The Kier molecular flexibility index (Phi) is 14.4. The summed E-state index contributed by atoms with van der Waals surface area (Å²) in [5.41, 5.74) is 0. The molecule has 0 amide bonds. The minimum absolute atomic E-state index is 0.956. The van der Waals surface area contributed by atoms with E-state index < -0.39 is 33.3 Å². The van der Waals surface area contributed by atoms with Crippen LogP contribution in [0.15, 0.2) is 0 Å². The van der Waals surface area contributed by atoms with Gasteiger partial charge in [0.1, 0.15) is 0 Å². The average Bonchev–Trinajstić information content (AvgIpc) is 2.49. The molecule has 0 rings (SSSR count). The lowest BCUT2D eigenvalue weighted by atomic mass is 10.2. The van der Waals surface area contributed by atoms with E-state index in [9.17, 15) is 0 Å². The summed E-state index contributed by atoms with van der Waals surface area (Å²) >= 11 is 0. The molecule has 0 aromatic heterocycles. The summed E-state index contributed by atoms with van der Waals surface area (Å²) in [4.78, 5) is 0. The second-order valence-corrected chi connectivity index (χ2v) is 29.8. The highest BCUT2D eigenvalue weighted by molar-refractivity contribution is 6.84. The van der Waals surface area contributed by atoms with E-state index in [-0.39, 0.29) is 0 Å². The summed E-state index contributed by atoms with van der Waals surface area (Å²) in [7, 11) is -5.68. The maximum Gasteiger partial charge on any atom is 0.183 e. The third-order valence-corrected chi connectivity index (χ3v) is 14.6. The van der Waals surface area contributed by atoms with Gasteiger partial charge in [-0.1, -0.05) is 38.5 Å². The van der Waals surface area contributed by atoms with Crippen LogP contribution in [0.2, 0.25) is 77.6 Å². The topological polar surface area (TPSA) is 27.7 Å². The van der Waals surface area contributed by atoms with Gasteiger partial charge < -0.3 is 13.0 Å². The van der Waals surface area contributed by atoms with Gasteiger partial charge >= 0.3 is 0 Å². The van der Waals surface area contributed by atoms with Gasteiger partial charge in [-0.15, -0.1) is 0 Å². The van der Waals surface area contributed by atoms with Gasteiger partial charge in [0, 0.05) is 13.2 Å². The Morgan fingerprint density at radius 2 is 0.724 bits per heavy atom. The van der Waals surface area contributed by atoms with E-state index in [1.54, 1.807) is 0 Å². The van der Waals surface area contributed by atoms with Crippen molar-refractivity contribution < 1.29 is 13.0 Å². The molecule has 0 N–H and O–H groups in total. The minimum atomic E-state index is -1.52. The van der Waals surface area contributed by atoms with Gasteiger partial charge in [0.05, 0.1) is 0 Å². The van der Waals surface area contributed by atoms with Gasteiger partial charge in [-0.25, -0.2) is 0 Å². The number of rotatable bonds is 18. The lowest BCUT2D eigenvalue weighted by Gasteiger charge is -2.34. The molecular formula is C22H54O3Si4. The normalized spacial score (nSPS) is 13.9. The molecule has 3 nitrogen and oxygen atoms in total. The van der Waals surface area contributed by atoms with Crippen molar-refractivity contribution in [1.82, 2.24) is 0 Å². The molecule has 7 heteroatoms. The average molecular weight is 479 g/mol. The highest BCUT2D eigenvalue weighted by Crippen LogP contribution is 2.25. The molecule has 0 aliphatic rings. The Balaban J connectivity index is 3.84. The zero-order valence-corrected chi connectivity index (χ0v) is 25.7. The van der Waals surface area contributed by atoms with E-state index in [0.29, 0.717) is 0 Å². The monoisotopic (exact) mass is 478 g/mol. The molecule has 29 heavy (non-hydrogen) atoms. The zero-order chi connectivity index (χ0) is 22.6. The van der Waals surface area contributed by atoms with Gasteiger partial charge in [-0.05, 0) is 90.4 Å². The molecule has 0 fully saturated rings. The summed E-state index contributed by atoms with van der Waals surface area (Å²) < 4.78 is 18.7. The number of hydrogen-bond acceptors (Lipinski definition) is 3. The quantitative estimate of drug-likeness (QED) is 0.147. The summed E-state index contributed by atoms with van der Waals surface area (Å²) in [6, 6.07) is 2.62. The number of hydrogen-bond donors (Lipinski definition) is 0. The van der Waals surface area contributed by atoms with Gasteiger partial charge in [0.15, 0.2) is 33.3 Å². The van der Waals surface area contributed by atoms with Crippen molar-refractivity contribution >= 4 is 33.3 Å². The van der Waals surface area contributed by atoms with Crippen LogP contribution in [0, 0.1) is 0 Å². The predicted octanol–water partition coefficient (Wildman–Crippen LogP) is 8.24. The van der Waals surface area contributed by atoms with Gasteiger partial charge in [-0.2, -0.15) is 0 Å². The van der Waals surface area contributed by atoms with Crippen molar-refractivity contribution in [3.8, 4) is 0 Å². The lowest BCUT2D eigenvalue weighted by Crippen LogP contribution is -2.44. The molecule has 0 unspecified atom stereocenters.